The van der Waals surface area contributed by atoms with E-state index in [9.17, 15) is 4.79 Å². The van der Waals surface area contributed by atoms with Crippen molar-refractivity contribution in [1.82, 2.24) is 4.98 Å². The summed E-state index contributed by atoms with van der Waals surface area (Å²) in [5, 5.41) is 0. The van der Waals surface area contributed by atoms with Crippen molar-refractivity contribution in [3.05, 3.63) is 42.7 Å². The van der Waals surface area contributed by atoms with Crippen molar-refractivity contribution >= 4 is 5.97 Å². The summed E-state index contributed by atoms with van der Waals surface area (Å²) >= 11 is 0. The molecular formula is C10H11NO2. The molecule has 0 amide bonds. The lowest BCUT2D eigenvalue weighted by Gasteiger charge is -2.01. The van der Waals surface area contributed by atoms with Crippen molar-refractivity contribution in [1.29, 1.82) is 0 Å². The molecule has 13 heavy (non-hydrogen) atoms. The Balaban J connectivity index is 2.45. The van der Waals surface area contributed by atoms with Gasteiger partial charge in [-0.05, 0) is 18.6 Å². The minimum atomic E-state index is -0.338. The minimum absolute atomic E-state index is 0.338. The molecule has 0 bridgehead atoms. The van der Waals surface area contributed by atoms with E-state index in [-0.39, 0.29) is 5.97 Å². The fraction of sp³-hybridized carbons (Fsp3) is 0.200. The predicted octanol–water partition coefficient (Wildman–Crippen LogP) is 1.81. The van der Waals surface area contributed by atoms with Gasteiger partial charge >= 0.3 is 5.97 Å². The number of ether oxygens (including phenoxy) is 1. The van der Waals surface area contributed by atoms with Gasteiger partial charge in [-0.2, -0.15) is 0 Å². The third kappa shape index (κ3) is 3.07. The fourth-order valence-corrected chi connectivity index (χ4v) is 0.802. The summed E-state index contributed by atoms with van der Waals surface area (Å²) in [7, 11) is 0. The van der Waals surface area contributed by atoms with E-state index in [0.717, 1.165) is 0 Å². The first-order valence-electron chi connectivity index (χ1n) is 4.02. The van der Waals surface area contributed by atoms with Crippen molar-refractivity contribution < 1.29 is 9.53 Å². The summed E-state index contributed by atoms with van der Waals surface area (Å²) < 4.78 is 4.92. The molecule has 0 N–H and O–H groups in total. The zero-order valence-corrected chi connectivity index (χ0v) is 7.27. The van der Waals surface area contributed by atoms with E-state index in [4.69, 9.17) is 4.74 Å². The molecule has 0 aliphatic carbocycles. The molecule has 0 aliphatic heterocycles. The molecule has 0 saturated heterocycles. The van der Waals surface area contributed by atoms with Gasteiger partial charge in [0.2, 0.25) is 0 Å². The molecule has 0 saturated carbocycles. The largest absolute Gasteiger partial charge is 0.462 e. The second kappa shape index (κ2) is 5.09. The van der Waals surface area contributed by atoms with Crippen LogP contribution in [0.1, 0.15) is 16.8 Å². The van der Waals surface area contributed by atoms with Gasteiger partial charge in [0, 0.05) is 12.4 Å². The van der Waals surface area contributed by atoms with Gasteiger partial charge in [0.15, 0.2) is 0 Å². The van der Waals surface area contributed by atoms with E-state index in [1.807, 2.05) is 0 Å². The van der Waals surface area contributed by atoms with Gasteiger partial charge in [0.1, 0.15) is 0 Å². The molecule has 1 aromatic rings. The first-order chi connectivity index (χ1) is 6.34. The SMILES string of the molecule is C=CCCOC(=O)c1cccnc1. The fourth-order valence-electron chi connectivity index (χ4n) is 0.802. The molecule has 0 aliphatic rings. The van der Waals surface area contributed by atoms with Crippen molar-refractivity contribution in [2.75, 3.05) is 6.61 Å². The van der Waals surface area contributed by atoms with Crippen LogP contribution in [0.5, 0.6) is 0 Å². The number of rotatable bonds is 4. The average Bonchev–Trinajstić information content (AvgIpc) is 2.19. The summed E-state index contributed by atoms with van der Waals surface area (Å²) in [5.41, 5.74) is 0.478. The molecule has 3 nitrogen and oxygen atoms in total. The lowest BCUT2D eigenvalue weighted by Crippen LogP contribution is -2.05. The summed E-state index contributed by atoms with van der Waals surface area (Å²) in [5.74, 6) is -0.338. The number of carbonyl (C=O) groups excluding carboxylic acids is 1. The van der Waals surface area contributed by atoms with Crippen LogP contribution in [0.15, 0.2) is 37.2 Å². The lowest BCUT2D eigenvalue weighted by atomic mass is 10.3. The van der Waals surface area contributed by atoms with Gasteiger partial charge < -0.3 is 4.74 Å². The molecule has 1 aromatic heterocycles. The van der Waals surface area contributed by atoms with Crippen LogP contribution in [0.3, 0.4) is 0 Å². The Hall–Kier alpha value is -1.64. The summed E-state index contributed by atoms with van der Waals surface area (Å²) in [6.45, 7) is 3.90. The monoisotopic (exact) mass is 177 g/mol. The van der Waals surface area contributed by atoms with E-state index in [1.54, 1.807) is 24.4 Å². The van der Waals surface area contributed by atoms with Crippen LogP contribution in [0, 0.1) is 0 Å². The Labute approximate surface area is 77.1 Å². The van der Waals surface area contributed by atoms with Crippen LogP contribution in [-0.4, -0.2) is 17.6 Å². The highest BCUT2D eigenvalue weighted by molar-refractivity contribution is 5.88. The van der Waals surface area contributed by atoms with Gasteiger partial charge in [0.25, 0.3) is 0 Å². The average molecular weight is 177 g/mol. The summed E-state index contributed by atoms with van der Waals surface area (Å²) in [6, 6.07) is 3.37. The molecule has 0 unspecified atom stereocenters. The second-order valence-corrected chi connectivity index (χ2v) is 2.45. The van der Waals surface area contributed by atoms with Crippen molar-refractivity contribution in [3.8, 4) is 0 Å². The number of esters is 1. The number of hydrogen-bond acceptors (Lipinski definition) is 3. The summed E-state index contributed by atoms with van der Waals surface area (Å²) in [6.07, 6.45) is 5.47. The highest BCUT2D eigenvalue weighted by Gasteiger charge is 2.04. The van der Waals surface area contributed by atoms with E-state index in [2.05, 4.69) is 11.6 Å². The first kappa shape index (κ1) is 9.45. The molecule has 0 atom stereocenters. The number of hydrogen-bond donors (Lipinski definition) is 0. The zero-order chi connectivity index (χ0) is 9.52. The second-order valence-electron chi connectivity index (χ2n) is 2.45. The Morgan fingerprint density at radius 3 is 3.15 bits per heavy atom. The van der Waals surface area contributed by atoms with E-state index in [1.165, 1.54) is 6.20 Å². The minimum Gasteiger partial charge on any atom is -0.462 e. The topological polar surface area (TPSA) is 39.2 Å². The number of pyridine rings is 1. The van der Waals surface area contributed by atoms with Gasteiger partial charge in [0.05, 0.1) is 12.2 Å². The number of aromatic nitrogens is 1. The van der Waals surface area contributed by atoms with Crippen molar-refractivity contribution in [3.63, 3.8) is 0 Å². The third-order valence-electron chi connectivity index (χ3n) is 1.45. The molecule has 1 heterocycles. The maximum absolute atomic E-state index is 11.2. The van der Waals surface area contributed by atoms with Crippen LogP contribution in [0.25, 0.3) is 0 Å². The zero-order valence-electron chi connectivity index (χ0n) is 7.27. The van der Waals surface area contributed by atoms with Crippen LogP contribution in [0.2, 0.25) is 0 Å². The van der Waals surface area contributed by atoms with Gasteiger partial charge in [-0.25, -0.2) is 4.79 Å². The quantitative estimate of drug-likeness (QED) is 0.400. The van der Waals surface area contributed by atoms with E-state index in [0.29, 0.717) is 18.6 Å². The molecule has 0 fully saturated rings. The molecule has 1 rings (SSSR count). The third-order valence-corrected chi connectivity index (χ3v) is 1.45. The van der Waals surface area contributed by atoms with Crippen LogP contribution in [-0.2, 0) is 4.74 Å². The Kier molecular flexibility index (Phi) is 3.70. The molecule has 0 spiro atoms. The Morgan fingerprint density at radius 2 is 2.54 bits per heavy atom. The molecule has 0 radical (unpaired) electrons. The molecule has 3 heteroatoms. The van der Waals surface area contributed by atoms with Crippen LogP contribution in [0.4, 0.5) is 0 Å². The van der Waals surface area contributed by atoms with Gasteiger partial charge in [-0.1, -0.05) is 6.08 Å². The highest BCUT2D eigenvalue weighted by Crippen LogP contribution is 1.99. The molecular weight excluding hydrogens is 166 g/mol. The lowest BCUT2D eigenvalue weighted by molar-refractivity contribution is 0.0511. The van der Waals surface area contributed by atoms with Gasteiger partial charge in [-0.15, -0.1) is 6.58 Å². The first-order valence-corrected chi connectivity index (χ1v) is 4.02. The predicted molar refractivity (Wildman–Crippen MR) is 49.3 cm³/mol. The standard InChI is InChI=1S/C10H11NO2/c1-2-3-7-13-10(12)9-5-4-6-11-8-9/h2,4-6,8H,1,3,7H2. The highest BCUT2D eigenvalue weighted by atomic mass is 16.5. The van der Waals surface area contributed by atoms with Crippen molar-refractivity contribution in [2.45, 2.75) is 6.42 Å². The van der Waals surface area contributed by atoms with E-state index >= 15 is 0 Å². The molecule has 0 aromatic carbocycles. The van der Waals surface area contributed by atoms with E-state index < -0.39 is 0 Å². The number of nitrogens with zero attached hydrogens (tertiary/aromatic N) is 1. The smallest absolute Gasteiger partial charge is 0.339 e. The Morgan fingerprint density at radius 1 is 1.69 bits per heavy atom. The molecule has 68 valence electrons. The van der Waals surface area contributed by atoms with Gasteiger partial charge in [-0.3, -0.25) is 4.98 Å². The maximum Gasteiger partial charge on any atom is 0.339 e. The normalized spacial score (nSPS) is 9.23. The van der Waals surface area contributed by atoms with Crippen LogP contribution >= 0.6 is 0 Å². The van der Waals surface area contributed by atoms with Crippen LogP contribution < -0.4 is 0 Å². The maximum atomic E-state index is 11.2. The van der Waals surface area contributed by atoms with Crippen molar-refractivity contribution in [2.24, 2.45) is 0 Å². The number of carbonyl (C=O) groups is 1. The summed E-state index contributed by atoms with van der Waals surface area (Å²) in [4.78, 5) is 15.0. The Bertz CT molecular complexity index is 282.